The van der Waals surface area contributed by atoms with Gasteiger partial charge >= 0.3 is 0 Å². The number of amides is 1. The van der Waals surface area contributed by atoms with Crippen LogP contribution >= 0.6 is 12.4 Å². The summed E-state index contributed by atoms with van der Waals surface area (Å²) in [7, 11) is 2.00. The zero-order chi connectivity index (χ0) is 18.1. The first kappa shape index (κ1) is 19.9. The third-order valence-corrected chi connectivity index (χ3v) is 6.15. The van der Waals surface area contributed by atoms with Crippen molar-refractivity contribution in [3.05, 3.63) is 53.6 Å². The molecule has 4 rings (SSSR count). The number of imidazole rings is 1. The fourth-order valence-corrected chi connectivity index (χ4v) is 4.28. The van der Waals surface area contributed by atoms with E-state index in [0.717, 1.165) is 30.9 Å². The molecule has 2 aliphatic rings. The molecule has 1 N–H and O–H groups in total. The van der Waals surface area contributed by atoms with Crippen molar-refractivity contribution < 1.29 is 4.79 Å². The number of halogens is 1. The van der Waals surface area contributed by atoms with E-state index in [1.807, 2.05) is 24.0 Å². The highest BCUT2D eigenvalue weighted by Gasteiger charge is 2.57. The number of aromatic nitrogens is 2. The number of hydrogen-bond acceptors (Lipinski definition) is 3. The van der Waals surface area contributed by atoms with Gasteiger partial charge in [0.25, 0.3) is 0 Å². The van der Waals surface area contributed by atoms with Crippen molar-refractivity contribution in [2.75, 3.05) is 13.1 Å². The summed E-state index contributed by atoms with van der Waals surface area (Å²) in [6.45, 7) is 4.82. The fraction of sp³-hybridized carbons (Fsp3) is 0.524. The smallest absolute Gasteiger partial charge is 0.227 e. The predicted molar refractivity (Wildman–Crippen MR) is 109 cm³/mol. The molecule has 1 aromatic heterocycles. The highest BCUT2D eigenvalue weighted by molar-refractivity contribution is 5.85. The van der Waals surface area contributed by atoms with Crippen LogP contribution in [0.4, 0.5) is 0 Å². The summed E-state index contributed by atoms with van der Waals surface area (Å²) in [5, 5.41) is 3.45. The summed E-state index contributed by atoms with van der Waals surface area (Å²) >= 11 is 0. The van der Waals surface area contributed by atoms with Gasteiger partial charge in [-0.1, -0.05) is 29.8 Å². The predicted octanol–water partition coefficient (Wildman–Crippen LogP) is 2.86. The van der Waals surface area contributed by atoms with Crippen LogP contribution < -0.4 is 5.32 Å². The second-order valence-corrected chi connectivity index (χ2v) is 7.97. The van der Waals surface area contributed by atoms with Crippen molar-refractivity contribution in [3.63, 3.8) is 0 Å². The number of piperidine rings is 1. The number of benzene rings is 1. The van der Waals surface area contributed by atoms with Gasteiger partial charge in [-0.25, -0.2) is 4.98 Å². The number of nitrogens with zero attached hydrogens (tertiary/aromatic N) is 3. The monoisotopic (exact) mass is 388 g/mol. The molecule has 0 radical (unpaired) electrons. The van der Waals surface area contributed by atoms with Crippen molar-refractivity contribution >= 4 is 18.3 Å². The molecule has 1 amide bonds. The van der Waals surface area contributed by atoms with E-state index in [1.165, 1.54) is 18.4 Å². The van der Waals surface area contributed by atoms with E-state index in [0.29, 0.717) is 24.4 Å². The lowest BCUT2D eigenvalue weighted by Crippen LogP contribution is -2.40. The van der Waals surface area contributed by atoms with Crippen LogP contribution in [0.5, 0.6) is 0 Å². The zero-order valence-electron chi connectivity index (χ0n) is 16.1. The van der Waals surface area contributed by atoms with Crippen LogP contribution in [0.3, 0.4) is 0 Å². The molecule has 2 heterocycles. The molecule has 6 heteroatoms. The molecule has 1 aliphatic carbocycles. The summed E-state index contributed by atoms with van der Waals surface area (Å²) in [6.07, 6.45) is 7.71. The summed E-state index contributed by atoms with van der Waals surface area (Å²) in [4.78, 5) is 19.8. The minimum absolute atomic E-state index is 0. The van der Waals surface area contributed by atoms with E-state index in [2.05, 4.69) is 46.4 Å². The van der Waals surface area contributed by atoms with Crippen molar-refractivity contribution in [3.8, 4) is 0 Å². The third-order valence-electron chi connectivity index (χ3n) is 6.15. The van der Waals surface area contributed by atoms with Gasteiger partial charge < -0.3 is 14.8 Å². The maximum atomic E-state index is 13.2. The number of aryl methyl sites for hydroxylation is 2. The van der Waals surface area contributed by atoms with Gasteiger partial charge in [-0.3, -0.25) is 4.79 Å². The van der Waals surface area contributed by atoms with E-state index in [-0.39, 0.29) is 18.3 Å². The standard InChI is InChI=1S/C21H28N4O.ClH/c1-16-3-5-17(6-4-16)13-20(26)25(15-19-23-11-12-24(19)2)18-14-21(18)7-9-22-10-8-21;/h3-6,11-12,18,22H,7-10,13-15H2,1-2H3;1H. The SMILES string of the molecule is Cc1ccc(CC(=O)N(Cc2nccn2C)C2CC23CCNCC3)cc1.Cl. The largest absolute Gasteiger partial charge is 0.337 e. The molecular formula is C21H29ClN4O. The molecule has 1 atom stereocenters. The van der Waals surface area contributed by atoms with E-state index >= 15 is 0 Å². The van der Waals surface area contributed by atoms with E-state index < -0.39 is 0 Å². The van der Waals surface area contributed by atoms with E-state index in [4.69, 9.17) is 0 Å². The van der Waals surface area contributed by atoms with Crippen molar-refractivity contribution in [2.45, 2.75) is 45.2 Å². The summed E-state index contributed by atoms with van der Waals surface area (Å²) in [5.41, 5.74) is 2.65. The first-order chi connectivity index (χ1) is 12.6. The summed E-state index contributed by atoms with van der Waals surface area (Å²) in [6, 6.07) is 8.66. The topological polar surface area (TPSA) is 50.2 Å². The quantitative estimate of drug-likeness (QED) is 0.856. The Morgan fingerprint density at radius 3 is 2.63 bits per heavy atom. The Morgan fingerprint density at radius 2 is 2.00 bits per heavy atom. The Balaban J connectivity index is 0.00000210. The van der Waals surface area contributed by atoms with Crippen LogP contribution in [-0.4, -0.2) is 39.5 Å². The molecule has 1 saturated carbocycles. The number of carbonyl (C=O) groups is 1. The Kier molecular flexibility index (Phi) is 5.92. The molecule has 0 bridgehead atoms. The van der Waals surface area contributed by atoms with Crippen LogP contribution in [-0.2, 0) is 24.8 Å². The van der Waals surface area contributed by atoms with E-state index in [1.54, 1.807) is 0 Å². The molecule has 27 heavy (non-hydrogen) atoms. The Bertz CT molecular complexity index is 780. The third kappa shape index (κ3) is 4.19. The average Bonchev–Trinajstić information content (AvgIpc) is 3.14. The van der Waals surface area contributed by atoms with Gasteiger partial charge in [0.1, 0.15) is 5.82 Å². The average molecular weight is 389 g/mol. The maximum Gasteiger partial charge on any atom is 0.227 e. The summed E-state index contributed by atoms with van der Waals surface area (Å²) < 4.78 is 2.02. The molecule has 1 spiro atoms. The van der Waals surface area contributed by atoms with Crippen molar-refractivity contribution in [1.29, 1.82) is 0 Å². The Labute approximate surface area is 167 Å². The van der Waals surface area contributed by atoms with Crippen LogP contribution in [0, 0.1) is 12.3 Å². The van der Waals surface area contributed by atoms with Crippen LogP contribution in [0.2, 0.25) is 0 Å². The van der Waals surface area contributed by atoms with Crippen molar-refractivity contribution in [2.24, 2.45) is 12.5 Å². The summed E-state index contributed by atoms with van der Waals surface area (Å²) in [5.74, 6) is 1.18. The maximum absolute atomic E-state index is 13.2. The molecule has 5 nitrogen and oxygen atoms in total. The first-order valence-electron chi connectivity index (χ1n) is 9.59. The highest BCUT2D eigenvalue weighted by atomic mass is 35.5. The normalized spacial score (nSPS) is 20.1. The number of hydrogen-bond donors (Lipinski definition) is 1. The highest BCUT2D eigenvalue weighted by Crippen LogP contribution is 2.56. The minimum Gasteiger partial charge on any atom is -0.337 e. The van der Waals surface area contributed by atoms with Crippen molar-refractivity contribution in [1.82, 2.24) is 19.8 Å². The van der Waals surface area contributed by atoms with Crippen LogP contribution in [0.25, 0.3) is 0 Å². The lowest BCUT2D eigenvalue weighted by Gasteiger charge is -2.29. The van der Waals surface area contributed by atoms with Gasteiger partial charge in [-0.2, -0.15) is 0 Å². The first-order valence-corrected chi connectivity index (χ1v) is 9.59. The fourth-order valence-electron chi connectivity index (χ4n) is 4.28. The molecule has 2 fully saturated rings. The lowest BCUT2D eigenvalue weighted by molar-refractivity contribution is -0.132. The molecule has 2 aromatic rings. The second-order valence-electron chi connectivity index (χ2n) is 7.97. The van der Waals surface area contributed by atoms with Gasteiger partial charge in [0.15, 0.2) is 0 Å². The van der Waals surface area contributed by atoms with Crippen LogP contribution in [0.15, 0.2) is 36.7 Å². The minimum atomic E-state index is 0. The van der Waals surface area contributed by atoms with E-state index in [9.17, 15) is 4.79 Å². The molecular weight excluding hydrogens is 360 g/mol. The zero-order valence-corrected chi connectivity index (χ0v) is 17.0. The van der Waals surface area contributed by atoms with Crippen LogP contribution in [0.1, 0.15) is 36.2 Å². The second kappa shape index (κ2) is 8.03. The number of nitrogens with one attached hydrogen (secondary N) is 1. The van der Waals surface area contributed by atoms with Gasteiger partial charge in [0.05, 0.1) is 13.0 Å². The number of carbonyl (C=O) groups excluding carboxylic acids is 1. The molecule has 1 aromatic carbocycles. The van der Waals surface area contributed by atoms with Gasteiger partial charge in [-0.05, 0) is 50.3 Å². The Morgan fingerprint density at radius 1 is 1.30 bits per heavy atom. The number of rotatable bonds is 5. The molecule has 1 saturated heterocycles. The van der Waals surface area contributed by atoms with Gasteiger partial charge in [0, 0.05) is 25.5 Å². The van der Waals surface area contributed by atoms with Gasteiger partial charge in [0.2, 0.25) is 5.91 Å². The molecule has 1 unspecified atom stereocenters. The molecule has 1 aliphatic heterocycles. The molecule has 146 valence electrons. The van der Waals surface area contributed by atoms with Gasteiger partial charge in [-0.15, -0.1) is 12.4 Å². The lowest BCUT2D eigenvalue weighted by atomic mass is 9.93. The Hall–Kier alpha value is -1.85.